The number of nitrogens with one attached hydrogen (secondary N) is 1. The maximum Gasteiger partial charge on any atom is 0.412 e. The number of nitro groups is 1. The van der Waals surface area contributed by atoms with Gasteiger partial charge in [-0.2, -0.15) is 0 Å². The third kappa shape index (κ3) is 3.35. The number of amides is 1. The van der Waals surface area contributed by atoms with Gasteiger partial charge in [0.1, 0.15) is 5.76 Å². The topological polar surface area (TPSA) is 94.6 Å². The summed E-state index contributed by atoms with van der Waals surface area (Å²) in [6.45, 7) is 1.72. The van der Waals surface area contributed by atoms with E-state index in [0.717, 1.165) is 0 Å². The van der Waals surface area contributed by atoms with Crippen LogP contribution in [0.5, 0.6) is 0 Å². The zero-order chi connectivity index (χ0) is 14.5. The molecule has 7 nitrogen and oxygen atoms in total. The van der Waals surface area contributed by atoms with E-state index in [1.54, 1.807) is 25.1 Å². The first-order chi connectivity index (χ1) is 9.56. The largest absolute Gasteiger partial charge is 0.466 e. The fraction of sp³-hybridized carbons (Fsp3) is 0.154. The van der Waals surface area contributed by atoms with Crippen LogP contribution in [0.3, 0.4) is 0 Å². The number of anilines is 1. The number of non-ortho nitro benzene ring substituents is 1. The Bertz CT molecular complexity index is 622. The highest BCUT2D eigenvalue weighted by Crippen LogP contribution is 2.22. The lowest BCUT2D eigenvalue weighted by atomic mass is 10.2. The Morgan fingerprint density at radius 1 is 1.45 bits per heavy atom. The normalized spacial score (nSPS) is 10.1. The van der Waals surface area contributed by atoms with Crippen LogP contribution in [-0.4, -0.2) is 11.0 Å². The Hall–Kier alpha value is -2.83. The minimum Gasteiger partial charge on any atom is -0.466 e. The van der Waals surface area contributed by atoms with E-state index >= 15 is 0 Å². The summed E-state index contributed by atoms with van der Waals surface area (Å²) in [5, 5.41) is 13.1. The van der Waals surface area contributed by atoms with E-state index < -0.39 is 11.0 Å². The monoisotopic (exact) mass is 276 g/mol. The Morgan fingerprint density at radius 2 is 2.25 bits per heavy atom. The van der Waals surface area contributed by atoms with E-state index in [-0.39, 0.29) is 12.3 Å². The highest BCUT2D eigenvalue weighted by Gasteiger charge is 2.12. The Labute approximate surface area is 114 Å². The molecule has 0 fully saturated rings. The third-order valence-corrected chi connectivity index (χ3v) is 2.59. The molecule has 0 spiro atoms. The van der Waals surface area contributed by atoms with Crippen molar-refractivity contribution in [2.75, 3.05) is 5.32 Å². The number of benzene rings is 1. The summed E-state index contributed by atoms with van der Waals surface area (Å²) < 4.78 is 9.95. The molecule has 1 heterocycles. The lowest BCUT2D eigenvalue weighted by Crippen LogP contribution is -2.14. The number of hydrogen-bond donors (Lipinski definition) is 1. The molecule has 104 valence electrons. The number of carbonyl (C=O) groups is 1. The number of nitro benzene ring substituents is 1. The molecule has 2 rings (SSSR count). The minimum absolute atomic E-state index is 0.00714. The van der Waals surface area contributed by atoms with Crippen molar-refractivity contribution >= 4 is 17.5 Å². The molecular weight excluding hydrogens is 264 g/mol. The SMILES string of the molecule is Cc1ccc([N+](=O)[O-])cc1NC(=O)OCc1ccco1. The summed E-state index contributed by atoms with van der Waals surface area (Å²) in [4.78, 5) is 21.7. The standard InChI is InChI=1S/C13H12N2O5/c1-9-4-5-10(15(17)18)7-12(9)14-13(16)20-8-11-3-2-6-19-11/h2-7H,8H2,1H3,(H,14,16). The summed E-state index contributed by atoms with van der Waals surface area (Å²) in [5.74, 6) is 0.510. The Balaban J connectivity index is 2.00. The summed E-state index contributed by atoms with van der Waals surface area (Å²) in [6, 6.07) is 7.56. The van der Waals surface area contributed by atoms with Crippen molar-refractivity contribution in [2.24, 2.45) is 0 Å². The van der Waals surface area contributed by atoms with Crippen molar-refractivity contribution < 1.29 is 18.9 Å². The van der Waals surface area contributed by atoms with Crippen LogP contribution in [0.25, 0.3) is 0 Å². The second-order valence-electron chi connectivity index (χ2n) is 4.04. The maximum atomic E-state index is 11.6. The second kappa shape index (κ2) is 5.87. The number of hydrogen-bond acceptors (Lipinski definition) is 5. The van der Waals surface area contributed by atoms with Crippen molar-refractivity contribution in [2.45, 2.75) is 13.5 Å². The molecule has 1 N–H and O–H groups in total. The molecule has 0 unspecified atom stereocenters. The number of furan rings is 1. The van der Waals surface area contributed by atoms with Crippen LogP contribution >= 0.6 is 0 Å². The summed E-state index contributed by atoms with van der Waals surface area (Å²) >= 11 is 0. The van der Waals surface area contributed by atoms with E-state index in [1.807, 2.05) is 0 Å². The van der Waals surface area contributed by atoms with Gasteiger partial charge in [0.05, 0.1) is 16.9 Å². The van der Waals surface area contributed by atoms with Gasteiger partial charge in [-0.15, -0.1) is 0 Å². The fourth-order valence-electron chi connectivity index (χ4n) is 1.54. The lowest BCUT2D eigenvalue weighted by molar-refractivity contribution is -0.384. The zero-order valence-corrected chi connectivity index (χ0v) is 10.7. The number of ether oxygens (including phenoxy) is 1. The highest BCUT2D eigenvalue weighted by molar-refractivity contribution is 5.86. The van der Waals surface area contributed by atoms with E-state index in [2.05, 4.69) is 5.32 Å². The Kier molecular flexibility index (Phi) is 3.99. The quantitative estimate of drug-likeness (QED) is 0.683. The smallest absolute Gasteiger partial charge is 0.412 e. The number of rotatable bonds is 4. The van der Waals surface area contributed by atoms with Crippen LogP contribution < -0.4 is 5.32 Å². The molecule has 1 aromatic heterocycles. The predicted molar refractivity (Wildman–Crippen MR) is 70.3 cm³/mol. The molecular formula is C13H12N2O5. The van der Waals surface area contributed by atoms with E-state index in [1.165, 1.54) is 18.4 Å². The molecule has 0 atom stereocenters. The summed E-state index contributed by atoms with van der Waals surface area (Å²) in [7, 11) is 0. The number of nitrogens with zero attached hydrogens (tertiary/aromatic N) is 1. The fourth-order valence-corrected chi connectivity index (χ4v) is 1.54. The third-order valence-electron chi connectivity index (χ3n) is 2.59. The van der Waals surface area contributed by atoms with Crippen LogP contribution in [0.2, 0.25) is 0 Å². The first kappa shape index (κ1) is 13.6. The molecule has 20 heavy (non-hydrogen) atoms. The van der Waals surface area contributed by atoms with Crippen LogP contribution in [0, 0.1) is 17.0 Å². The summed E-state index contributed by atoms with van der Waals surface area (Å²) in [6.07, 6.45) is 0.770. The Morgan fingerprint density at radius 3 is 2.90 bits per heavy atom. The molecule has 1 aromatic carbocycles. The molecule has 0 saturated carbocycles. The average molecular weight is 276 g/mol. The number of carbonyl (C=O) groups excluding carboxylic acids is 1. The minimum atomic E-state index is -0.704. The van der Waals surface area contributed by atoms with Crippen molar-refractivity contribution in [3.05, 3.63) is 58.0 Å². The van der Waals surface area contributed by atoms with Crippen LogP contribution in [0.15, 0.2) is 41.0 Å². The van der Waals surface area contributed by atoms with Crippen LogP contribution in [-0.2, 0) is 11.3 Å². The van der Waals surface area contributed by atoms with E-state index in [4.69, 9.17) is 9.15 Å². The molecule has 0 saturated heterocycles. The van der Waals surface area contributed by atoms with Gasteiger partial charge >= 0.3 is 6.09 Å². The zero-order valence-electron chi connectivity index (χ0n) is 10.7. The molecule has 7 heteroatoms. The highest BCUT2D eigenvalue weighted by atomic mass is 16.6. The van der Waals surface area contributed by atoms with Gasteiger partial charge in [0.25, 0.3) is 5.69 Å². The second-order valence-corrected chi connectivity index (χ2v) is 4.04. The molecule has 0 aliphatic heterocycles. The van der Waals surface area contributed by atoms with Gasteiger partial charge in [-0.1, -0.05) is 6.07 Å². The van der Waals surface area contributed by atoms with Gasteiger partial charge in [-0.05, 0) is 24.6 Å². The van der Waals surface area contributed by atoms with E-state index in [0.29, 0.717) is 17.0 Å². The van der Waals surface area contributed by atoms with Crippen molar-refractivity contribution in [3.63, 3.8) is 0 Å². The average Bonchev–Trinajstić information content (AvgIpc) is 2.92. The van der Waals surface area contributed by atoms with E-state index in [9.17, 15) is 14.9 Å². The number of aryl methyl sites for hydroxylation is 1. The molecule has 0 bridgehead atoms. The molecule has 2 aromatic rings. The van der Waals surface area contributed by atoms with Gasteiger partial charge in [-0.3, -0.25) is 15.4 Å². The lowest BCUT2D eigenvalue weighted by Gasteiger charge is -2.08. The molecule has 0 aliphatic rings. The molecule has 1 amide bonds. The molecule has 0 radical (unpaired) electrons. The first-order valence-corrected chi connectivity index (χ1v) is 5.77. The van der Waals surface area contributed by atoms with Gasteiger partial charge in [0.15, 0.2) is 6.61 Å². The van der Waals surface area contributed by atoms with Crippen LogP contribution in [0.1, 0.15) is 11.3 Å². The first-order valence-electron chi connectivity index (χ1n) is 5.77. The van der Waals surface area contributed by atoms with Crippen molar-refractivity contribution in [1.29, 1.82) is 0 Å². The maximum absolute atomic E-state index is 11.6. The summed E-state index contributed by atoms with van der Waals surface area (Å²) in [5.41, 5.74) is 0.936. The van der Waals surface area contributed by atoms with Crippen LogP contribution in [0.4, 0.5) is 16.2 Å². The predicted octanol–water partition coefficient (Wildman–Crippen LogP) is 3.24. The van der Waals surface area contributed by atoms with Gasteiger partial charge in [0, 0.05) is 12.1 Å². The van der Waals surface area contributed by atoms with Gasteiger partial charge < -0.3 is 9.15 Å². The molecule has 0 aliphatic carbocycles. The van der Waals surface area contributed by atoms with Gasteiger partial charge in [-0.25, -0.2) is 4.79 Å². The van der Waals surface area contributed by atoms with Crippen molar-refractivity contribution in [3.8, 4) is 0 Å². The van der Waals surface area contributed by atoms with Gasteiger partial charge in [0.2, 0.25) is 0 Å². The van der Waals surface area contributed by atoms with Crippen molar-refractivity contribution in [1.82, 2.24) is 0 Å².